The minimum absolute atomic E-state index is 0.708. The number of quaternary nitrogens is 1. The van der Waals surface area contributed by atoms with Crippen molar-refractivity contribution in [1.82, 2.24) is 0 Å². The fraction of sp³-hybridized carbons (Fsp3) is 0.400. The van der Waals surface area contributed by atoms with Crippen molar-refractivity contribution in [2.24, 2.45) is 0 Å². The van der Waals surface area contributed by atoms with Gasteiger partial charge in [0.1, 0.15) is 6.54 Å². The van der Waals surface area contributed by atoms with Crippen LogP contribution < -0.4 is 4.90 Å². The third-order valence-corrected chi connectivity index (χ3v) is 0.404. The van der Waals surface area contributed by atoms with Gasteiger partial charge in [0.15, 0.2) is 0 Å². The topological polar surface area (TPSA) is 4.44 Å². The van der Waals surface area contributed by atoms with Gasteiger partial charge in [0, 0.05) is 7.05 Å². The van der Waals surface area contributed by atoms with Crippen LogP contribution in [0.25, 0.3) is 0 Å². The monoisotopic (exact) mass is 83.1 g/mol. The molecule has 0 heterocycles. The summed E-state index contributed by atoms with van der Waals surface area (Å²) >= 11 is 0. The summed E-state index contributed by atoms with van der Waals surface area (Å²) in [6, 6.07) is 0. The highest BCUT2D eigenvalue weighted by Gasteiger charge is 1.71. The van der Waals surface area contributed by atoms with Crippen molar-refractivity contribution in [3.05, 3.63) is 7.05 Å². The zero-order valence-corrected chi connectivity index (χ0v) is 3.99. The minimum atomic E-state index is 0.708. The smallest absolute Gasteiger partial charge is 0.115 e. The number of terminal acetylenes is 1. The lowest BCUT2D eigenvalue weighted by atomic mass is 10.6. The van der Waals surface area contributed by atoms with Crippen LogP contribution in [0, 0.1) is 19.4 Å². The Kier molecular flexibility index (Phi) is 2.52. The standard InChI is InChI=1S/C5H9N/c1-4-5-6(2)3/h1,6H,2,5H2,3H3. The quantitative estimate of drug-likeness (QED) is 0.304. The predicted molar refractivity (Wildman–Crippen MR) is 25.9 cm³/mol. The van der Waals surface area contributed by atoms with Gasteiger partial charge in [0.25, 0.3) is 0 Å². The highest BCUT2D eigenvalue weighted by molar-refractivity contribution is 4.81. The molecule has 1 atom stereocenters. The van der Waals surface area contributed by atoms with E-state index >= 15 is 0 Å². The number of hydrogen-bond acceptors (Lipinski definition) is 0. The van der Waals surface area contributed by atoms with Crippen molar-refractivity contribution in [2.75, 3.05) is 13.6 Å². The minimum Gasteiger partial charge on any atom is -0.460 e. The maximum Gasteiger partial charge on any atom is 0.115 e. The van der Waals surface area contributed by atoms with Crippen LogP contribution in [-0.4, -0.2) is 13.6 Å². The number of rotatable bonds is 1. The molecule has 0 saturated carbocycles. The van der Waals surface area contributed by atoms with Crippen molar-refractivity contribution < 1.29 is 4.90 Å². The normalized spacial score (nSPS) is 12.8. The van der Waals surface area contributed by atoms with Crippen LogP contribution in [0.15, 0.2) is 0 Å². The summed E-state index contributed by atoms with van der Waals surface area (Å²) in [5.41, 5.74) is 0. The summed E-state index contributed by atoms with van der Waals surface area (Å²) in [5, 5.41) is 0. The summed E-state index contributed by atoms with van der Waals surface area (Å²) in [4.78, 5) is 1.05. The fourth-order valence-electron chi connectivity index (χ4n) is 0.174. The van der Waals surface area contributed by atoms with E-state index in [4.69, 9.17) is 6.42 Å². The molecule has 6 heavy (non-hydrogen) atoms. The summed E-state index contributed by atoms with van der Waals surface area (Å²) in [6.07, 6.45) is 4.92. The second-order valence-corrected chi connectivity index (χ2v) is 1.34. The largest absolute Gasteiger partial charge is 0.460 e. The van der Waals surface area contributed by atoms with E-state index in [2.05, 4.69) is 13.0 Å². The third-order valence-electron chi connectivity index (χ3n) is 0.404. The Morgan fingerprint density at radius 3 is 2.50 bits per heavy atom. The Bertz CT molecular complexity index is 58.8. The molecule has 0 saturated heterocycles. The summed E-state index contributed by atoms with van der Waals surface area (Å²) < 4.78 is 0. The summed E-state index contributed by atoms with van der Waals surface area (Å²) in [5.74, 6) is 2.47. The van der Waals surface area contributed by atoms with Gasteiger partial charge in [-0.25, -0.2) is 0 Å². The first-order chi connectivity index (χ1) is 2.77. The lowest BCUT2D eigenvalue weighted by Crippen LogP contribution is -3.03. The molecule has 1 unspecified atom stereocenters. The molecule has 0 aromatic carbocycles. The van der Waals surface area contributed by atoms with E-state index in [9.17, 15) is 0 Å². The maximum atomic E-state index is 4.92. The molecule has 0 spiro atoms. The van der Waals surface area contributed by atoms with Crippen LogP contribution in [0.4, 0.5) is 0 Å². The van der Waals surface area contributed by atoms with Crippen molar-refractivity contribution in [3.63, 3.8) is 0 Å². The van der Waals surface area contributed by atoms with E-state index in [1.165, 1.54) is 0 Å². The Hall–Kier alpha value is -0.480. The van der Waals surface area contributed by atoms with E-state index in [1.54, 1.807) is 0 Å². The Morgan fingerprint density at radius 2 is 2.50 bits per heavy atom. The zero-order chi connectivity index (χ0) is 4.99. The average molecular weight is 83.1 g/mol. The average Bonchev–Trinajstić information content (AvgIpc) is 1.35. The van der Waals surface area contributed by atoms with Crippen LogP contribution in [0.3, 0.4) is 0 Å². The van der Waals surface area contributed by atoms with E-state index in [0.29, 0.717) is 6.54 Å². The summed E-state index contributed by atoms with van der Waals surface area (Å²) in [7, 11) is 5.52. The van der Waals surface area contributed by atoms with Gasteiger partial charge in [-0.15, -0.1) is 6.42 Å². The fourth-order valence-corrected chi connectivity index (χ4v) is 0.174. The molecule has 1 heteroatoms. The molecule has 0 rings (SSSR count). The molecular weight excluding hydrogens is 74.1 g/mol. The molecule has 34 valence electrons. The molecule has 0 bridgehead atoms. The second kappa shape index (κ2) is 2.74. The van der Waals surface area contributed by atoms with Gasteiger partial charge in [0.05, 0.1) is 0 Å². The van der Waals surface area contributed by atoms with Crippen molar-refractivity contribution in [3.8, 4) is 12.3 Å². The van der Waals surface area contributed by atoms with Gasteiger partial charge < -0.3 is 4.90 Å². The van der Waals surface area contributed by atoms with E-state index in [-0.39, 0.29) is 0 Å². The van der Waals surface area contributed by atoms with E-state index in [1.807, 2.05) is 7.05 Å². The molecule has 0 aliphatic rings. The number of hydrogen-bond donors (Lipinski definition) is 1. The lowest BCUT2D eigenvalue weighted by molar-refractivity contribution is -0.823. The Balaban J connectivity index is 2.88. The van der Waals surface area contributed by atoms with Gasteiger partial charge >= 0.3 is 0 Å². The molecule has 0 radical (unpaired) electrons. The zero-order valence-electron chi connectivity index (χ0n) is 3.99. The van der Waals surface area contributed by atoms with Gasteiger partial charge in [-0.2, -0.15) is 7.05 Å². The van der Waals surface area contributed by atoms with Gasteiger partial charge in [-0.1, -0.05) is 0 Å². The second-order valence-electron chi connectivity index (χ2n) is 1.34. The van der Waals surface area contributed by atoms with Gasteiger partial charge in [-0.3, -0.25) is 0 Å². The van der Waals surface area contributed by atoms with E-state index in [0.717, 1.165) is 4.90 Å². The maximum absolute atomic E-state index is 4.92. The van der Waals surface area contributed by atoms with Crippen LogP contribution in [-0.2, 0) is 0 Å². The molecule has 0 amide bonds. The summed E-state index contributed by atoms with van der Waals surface area (Å²) in [6.45, 7) is 0.708. The van der Waals surface area contributed by atoms with Crippen LogP contribution >= 0.6 is 0 Å². The molecule has 0 aromatic heterocycles. The molecule has 0 fully saturated rings. The molecule has 0 aliphatic heterocycles. The van der Waals surface area contributed by atoms with Crippen LogP contribution in [0.1, 0.15) is 0 Å². The van der Waals surface area contributed by atoms with Gasteiger partial charge in [-0.05, 0) is 5.92 Å². The first kappa shape index (κ1) is 5.52. The van der Waals surface area contributed by atoms with Crippen molar-refractivity contribution in [2.45, 2.75) is 0 Å². The Morgan fingerprint density at radius 1 is 2.00 bits per heavy atom. The third kappa shape index (κ3) is 3.52. The molecule has 0 aromatic rings. The SMILES string of the molecule is C#CC[NH+]([CH2-])C. The molecular formula is C5H9N. The Labute approximate surface area is 39.0 Å². The predicted octanol–water partition coefficient (Wildman–Crippen LogP) is -1.07. The van der Waals surface area contributed by atoms with Crippen LogP contribution in [0.5, 0.6) is 0 Å². The van der Waals surface area contributed by atoms with Crippen molar-refractivity contribution >= 4 is 0 Å². The first-order valence-corrected chi connectivity index (χ1v) is 1.85. The highest BCUT2D eigenvalue weighted by Crippen LogP contribution is 1.31. The highest BCUT2D eigenvalue weighted by atomic mass is 15.0. The van der Waals surface area contributed by atoms with Crippen LogP contribution in [0.2, 0.25) is 0 Å². The van der Waals surface area contributed by atoms with Gasteiger partial charge in [0.2, 0.25) is 0 Å². The molecule has 1 nitrogen and oxygen atoms in total. The number of nitrogens with one attached hydrogen (secondary N) is 1. The van der Waals surface area contributed by atoms with Crippen molar-refractivity contribution in [1.29, 1.82) is 0 Å². The lowest BCUT2D eigenvalue weighted by Gasteiger charge is -2.07. The first-order valence-electron chi connectivity index (χ1n) is 1.85. The van der Waals surface area contributed by atoms with E-state index < -0.39 is 0 Å². The molecule has 0 aliphatic carbocycles. The molecule has 1 N–H and O–H groups in total.